The molecule has 0 saturated carbocycles. The minimum Gasteiger partial charge on any atom is -0.496 e. The molecule has 1 aromatic heterocycles. The molecule has 0 radical (unpaired) electrons. The van der Waals surface area contributed by atoms with Crippen molar-refractivity contribution in [3.05, 3.63) is 45.7 Å². The lowest BCUT2D eigenvalue weighted by Crippen LogP contribution is -2.28. The molecule has 1 atom stereocenters. The van der Waals surface area contributed by atoms with Crippen LogP contribution < -0.4 is 10.1 Å². The summed E-state index contributed by atoms with van der Waals surface area (Å²) in [6.07, 6.45) is 4.84. The standard InChI is InChI=1S/C17H20BrN3O2/c1-11(13-7-6-12(18)9-16(13)23-2)20-17(22)14-10-19-21-8-4-3-5-15(14)21/h6-7,9-11H,3-5,8H2,1-2H3,(H,20,22). The Hall–Kier alpha value is -1.82. The van der Waals surface area contributed by atoms with E-state index in [-0.39, 0.29) is 11.9 Å². The monoisotopic (exact) mass is 377 g/mol. The van der Waals surface area contributed by atoms with Gasteiger partial charge in [0.25, 0.3) is 5.91 Å². The summed E-state index contributed by atoms with van der Waals surface area (Å²) in [7, 11) is 1.63. The molecule has 1 aliphatic rings. The number of carbonyl (C=O) groups excluding carboxylic acids is 1. The van der Waals surface area contributed by atoms with Crippen molar-refractivity contribution >= 4 is 21.8 Å². The van der Waals surface area contributed by atoms with E-state index >= 15 is 0 Å². The van der Waals surface area contributed by atoms with E-state index in [2.05, 4.69) is 26.3 Å². The maximum absolute atomic E-state index is 12.6. The smallest absolute Gasteiger partial charge is 0.255 e. The van der Waals surface area contributed by atoms with E-state index in [9.17, 15) is 4.79 Å². The Balaban J connectivity index is 1.79. The van der Waals surface area contributed by atoms with Crippen LogP contribution in [0.15, 0.2) is 28.9 Å². The molecule has 2 aromatic rings. The lowest BCUT2D eigenvalue weighted by Gasteiger charge is -2.19. The molecule has 5 nitrogen and oxygen atoms in total. The van der Waals surface area contributed by atoms with Crippen molar-refractivity contribution < 1.29 is 9.53 Å². The minimum atomic E-state index is -0.148. The van der Waals surface area contributed by atoms with Crippen LogP contribution in [-0.4, -0.2) is 22.8 Å². The number of methoxy groups -OCH3 is 1. The molecule has 0 fully saturated rings. The second-order valence-electron chi connectivity index (χ2n) is 5.77. The lowest BCUT2D eigenvalue weighted by atomic mass is 10.0. The number of aromatic nitrogens is 2. The number of nitrogens with zero attached hydrogens (tertiary/aromatic N) is 2. The van der Waals surface area contributed by atoms with Crippen LogP contribution in [0.2, 0.25) is 0 Å². The van der Waals surface area contributed by atoms with Crippen LogP contribution in [-0.2, 0) is 13.0 Å². The number of amides is 1. The molecule has 122 valence electrons. The number of rotatable bonds is 4. The van der Waals surface area contributed by atoms with Crippen molar-refractivity contribution in [2.24, 2.45) is 0 Å². The van der Waals surface area contributed by atoms with E-state index in [1.165, 1.54) is 0 Å². The fourth-order valence-electron chi connectivity index (χ4n) is 3.01. The minimum absolute atomic E-state index is 0.0781. The molecule has 0 saturated heterocycles. The third-order valence-electron chi connectivity index (χ3n) is 4.24. The average molecular weight is 378 g/mol. The van der Waals surface area contributed by atoms with Gasteiger partial charge in [0.2, 0.25) is 0 Å². The van der Waals surface area contributed by atoms with Gasteiger partial charge < -0.3 is 10.1 Å². The molecule has 6 heteroatoms. The quantitative estimate of drug-likeness (QED) is 0.886. The van der Waals surface area contributed by atoms with Gasteiger partial charge in [-0.3, -0.25) is 9.48 Å². The summed E-state index contributed by atoms with van der Waals surface area (Å²) < 4.78 is 8.31. The number of aryl methyl sites for hydroxylation is 1. The Labute approximate surface area is 144 Å². The molecular formula is C17H20BrN3O2. The Bertz CT molecular complexity index is 727. The first kappa shape index (κ1) is 16.1. The molecule has 1 amide bonds. The Morgan fingerprint density at radius 1 is 1.43 bits per heavy atom. The molecule has 23 heavy (non-hydrogen) atoms. The zero-order valence-electron chi connectivity index (χ0n) is 13.3. The molecule has 1 N–H and O–H groups in total. The second kappa shape index (κ2) is 6.74. The molecule has 3 rings (SSSR count). The van der Waals surface area contributed by atoms with Crippen LogP contribution in [0, 0.1) is 0 Å². The maximum atomic E-state index is 12.6. The van der Waals surface area contributed by atoms with Crippen LogP contribution in [0.3, 0.4) is 0 Å². The van der Waals surface area contributed by atoms with Crippen molar-refractivity contribution in [1.29, 1.82) is 0 Å². The van der Waals surface area contributed by atoms with E-state index in [0.717, 1.165) is 47.3 Å². The summed E-state index contributed by atoms with van der Waals surface area (Å²) in [5, 5.41) is 7.38. The van der Waals surface area contributed by atoms with E-state index in [1.54, 1.807) is 13.3 Å². The van der Waals surface area contributed by atoms with Crippen LogP contribution in [0.4, 0.5) is 0 Å². The van der Waals surface area contributed by atoms with Gasteiger partial charge in [0.15, 0.2) is 0 Å². The van der Waals surface area contributed by atoms with Gasteiger partial charge in [0, 0.05) is 16.6 Å². The third-order valence-corrected chi connectivity index (χ3v) is 4.73. The highest BCUT2D eigenvalue weighted by molar-refractivity contribution is 9.10. The highest BCUT2D eigenvalue weighted by atomic mass is 79.9. The van der Waals surface area contributed by atoms with E-state index in [4.69, 9.17) is 4.74 Å². The first-order chi connectivity index (χ1) is 11.1. The van der Waals surface area contributed by atoms with Crippen LogP contribution in [0.25, 0.3) is 0 Å². The molecule has 0 aliphatic carbocycles. The van der Waals surface area contributed by atoms with Gasteiger partial charge in [-0.15, -0.1) is 0 Å². The summed E-state index contributed by atoms with van der Waals surface area (Å²) in [6.45, 7) is 2.86. The molecule has 1 aliphatic heterocycles. The van der Waals surface area contributed by atoms with Gasteiger partial charge in [-0.05, 0) is 38.3 Å². The number of ether oxygens (including phenoxy) is 1. The predicted octanol–water partition coefficient (Wildman–Crippen LogP) is 3.48. The number of fused-ring (bicyclic) bond motifs is 1. The number of hydrogen-bond donors (Lipinski definition) is 1. The predicted molar refractivity (Wildman–Crippen MR) is 91.7 cm³/mol. The van der Waals surface area contributed by atoms with Gasteiger partial charge in [-0.1, -0.05) is 22.0 Å². The number of hydrogen-bond acceptors (Lipinski definition) is 3. The van der Waals surface area contributed by atoms with Gasteiger partial charge in [0.05, 0.1) is 30.6 Å². The number of halogens is 1. The molecule has 1 unspecified atom stereocenters. The largest absolute Gasteiger partial charge is 0.496 e. The Kier molecular flexibility index (Phi) is 4.71. The van der Waals surface area contributed by atoms with E-state index < -0.39 is 0 Å². The van der Waals surface area contributed by atoms with Crippen molar-refractivity contribution in [3.63, 3.8) is 0 Å². The lowest BCUT2D eigenvalue weighted by molar-refractivity contribution is 0.0938. The molecular weight excluding hydrogens is 358 g/mol. The van der Waals surface area contributed by atoms with Gasteiger partial charge in [-0.2, -0.15) is 5.10 Å². The summed E-state index contributed by atoms with van der Waals surface area (Å²) >= 11 is 3.43. The Morgan fingerprint density at radius 3 is 3.04 bits per heavy atom. The molecule has 1 aromatic carbocycles. The second-order valence-corrected chi connectivity index (χ2v) is 6.68. The van der Waals surface area contributed by atoms with Crippen LogP contribution in [0.5, 0.6) is 5.75 Å². The number of nitrogens with one attached hydrogen (secondary N) is 1. The van der Waals surface area contributed by atoms with Gasteiger partial charge in [0.1, 0.15) is 5.75 Å². The SMILES string of the molecule is COc1cc(Br)ccc1C(C)NC(=O)c1cnn2c1CCCC2. The highest BCUT2D eigenvalue weighted by Crippen LogP contribution is 2.29. The molecule has 0 bridgehead atoms. The third kappa shape index (κ3) is 3.27. The first-order valence-corrected chi connectivity index (χ1v) is 8.58. The van der Waals surface area contributed by atoms with Crippen molar-refractivity contribution in [1.82, 2.24) is 15.1 Å². The number of benzene rings is 1. The van der Waals surface area contributed by atoms with Crippen LogP contribution >= 0.6 is 15.9 Å². The van der Waals surface area contributed by atoms with Crippen molar-refractivity contribution in [2.45, 2.75) is 38.8 Å². The first-order valence-electron chi connectivity index (χ1n) is 7.79. The van der Waals surface area contributed by atoms with Crippen molar-refractivity contribution in [2.75, 3.05) is 7.11 Å². The zero-order valence-corrected chi connectivity index (χ0v) is 14.9. The Morgan fingerprint density at radius 2 is 2.26 bits per heavy atom. The topological polar surface area (TPSA) is 56.1 Å². The number of carbonyl (C=O) groups is 1. The van der Waals surface area contributed by atoms with E-state index in [0.29, 0.717) is 5.56 Å². The summed E-state index contributed by atoms with van der Waals surface area (Å²) in [4.78, 5) is 12.6. The summed E-state index contributed by atoms with van der Waals surface area (Å²) in [6, 6.07) is 5.66. The maximum Gasteiger partial charge on any atom is 0.255 e. The van der Waals surface area contributed by atoms with Gasteiger partial charge in [-0.25, -0.2) is 0 Å². The van der Waals surface area contributed by atoms with Gasteiger partial charge >= 0.3 is 0 Å². The van der Waals surface area contributed by atoms with E-state index in [1.807, 2.05) is 29.8 Å². The normalized spacial score (nSPS) is 14.9. The van der Waals surface area contributed by atoms with Crippen LogP contribution in [0.1, 0.15) is 47.4 Å². The summed E-state index contributed by atoms with van der Waals surface area (Å²) in [5.74, 6) is 0.676. The summed E-state index contributed by atoms with van der Waals surface area (Å²) in [5.41, 5.74) is 2.68. The fourth-order valence-corrected chi connectivity index (χ4v) is 3.35. The average Bonchev–Trinajstić information content (AvgIpc) is 2.98. The van der Waals surface area contributed by atoms with Crippen molar-refractivity contribution in [3.8, 4) is 5.75 Å². The molecule has 2 heterocycles. The zero-order chi connectivity index (χ0) is 16.4. The fraction of sp³-hybridized carbons (Fsp3) is 0.412. The highest BCUT2D eigenvalue weighted by Gasteiger charge is 2.22. The molecule has 0 spiro atoms.